The van der Waals surface area contributed by atoms with Crippen LogP contribution < -0.4 is 9.64 Å². The Balaban J connectivity index is 1.51. The van der Waals surface area contributed by atoms with Crippen LogP contribution in [0, 0.1) is 12.7 Å². The number of nitrogens with zero attached hydrogens (tertiary/aromatic N) is 2. The molecule has 0 aromatic heterocycles. The van der Waals surface area contributed by atoms with Crippen LogP contribution in [0.5, 0.6) is 5.75 Å². The number of hydrogen-bond donors (Lipinski definition) is 0. The van der Waals surface area contributed by atoms with Gasteiger partial charge in [-0.15, -0.1) is 0 Å². The largest absolute Gasteiger partial charge is 0.495 e. The van der Waals surface area contributed by atoms with Crippen molar-refractivity contribution in [1.82, 2.24) is 4.90 Å². The molecule has 4 aromatic rings. The highest BCUT2D eigenvalue weighted by molar-refractivity contribution is 6.25. The molecule has 0 aliphatic carbocycles. The van der Waals surface area contributed by atoms with Crippen molar-refractivity contribution < 1.29 is 23.5 Å². The van der Waals surface area contributed by atoms with Crippen molar-refractivity contribution in [3.05, 3.63) is 107 Å². The zero-order valence-electron chi connectivity index (χ0n) is 19.8. The van der Waals surface area contributed by atoms with E-state index in [4.69, 9.17) is 4.74 Å². The predicted octanol–water partition coefficient (Wildman–Crippen LogP) is 5.24. The van der Waals surface area contributed by atoms with Gasteiger partial charge in [-0.1, -0.05) is 30.3 Å². The number of anilines is 1. The van der Waals surface area contributed by atoms with Crippen LogP contribution in [0.4, 0.5) is 10.1 Å². The fraction of sp³-hybridized carbons (Fsp3) is 0.138. The van der Waals surface area contributed by atoms with Gasteiger partial charge >= 0.3 is 0 Å². The first-order valence-electron chi connectivity index (χ1n) is 11.5. The average Bonchev–Trinajstić information content (AvgIpc) is 2.89. The molecule has 36 heavy (non-hydrogen) atoms. The molecular formula is C29H23FN2O4. The van der Waals surface area contributed by atoms with E-state index in [-0.39, 0.29) is 18.7 Å². The molecule has 0 saturated carbocycles. The monoisotopic (exact) mass is 482 g/mol. The molecule has 4 aromatic carbocycles. The molecule has 0 radical (unpaired) electrons. The van der Waals surface area contributed by atoms with Gasteiger partial charge in [0, 0.05) is 35.2 Å². The number of benzene rings is 4. The van der Waals surface area contributed by atoms with Crippen LogP contribution in [-0.2, 0) is 0 Å². The Bertz CT molecular complexity index is 1460. The van der Waals surface area contributed by atoms with Crippen LogP contribution in [-0.4, -0.2) is 42.8 Å². The summed E-state index contributed by atoms with van der Waals surface area (Å²) < 4.78 is 19.0. The molecule has 0 unspecified atom stereocenters. The Morgan fingerprint density at radius 1 is 0.917 bits per heavy atom. The zero-order valence-corrected chi connectivity index (χ0v) is 19.8. The molecule has 180 valence electrons. The number of rotatable bonds is 6. The van der Waals surface area contributed by atoms with Crippen molar-refractivity contribution in [2.24, 2.45) is 0 Å². The third-order valence-corrected chi connectivity index (χ3v) is 6.37. The molecule has 0 fully saturated rings. The van der Waals surface area contributed by atoms with Gasteiger partial charge in [0.1, 0.15) is 11.6 Å². The summed E-state index contributed by atoms with van der Waals surface area (Å²) in [6, 6.07) is 21.4. The standard InChI is InChI=1S/C29H23FN2O4/c1-18-9-14-24(25(17-18)36-2)31(27(33)20-10-12-21(30)13-11-20)15-16-32-28(34)22-7-3-5-19-6-4-8-23(26(19)22)29(32)35/h3-14,17H,15-16H2,1-2H3. The van der Waals surface area contributed by atoms with Gasteiger partial charge in [-0.2, -0.15) is 0 Å². The van der Waals surface area contributed by atoms with Crippen LogP contribution in [0.2, 0.25) is 0 Å². The molecule has 1 aliphatic heterocycles. The Kier molecular flexibility index (Phi) is 5.98. The van der Waals surface area contributed by atoms with Gasteiger partial charge in [-0.25, -0.2) is 4.39 Å². The number of halogens is 1. The summed E-state index contributed by atoms with van der Waals surface area (Å²) in [6.07, 6.45) is 0. The lowest BCUT2D eigenvalue weighted by molar-refractivity contribution is 0.0611. The third kappa shape index (κ3) is 3.98. The second-order valence-corrected chi connectivity index (χ2v) is 8.61. The number of imide groups is 1. The maximum atomic E-state index is 13.6. The summed E-state index contributed by atoms with van der Waals surface area (Å²) in [5.41, 5.74) is 2.59. The van der Waals surface area contributed by atoms with E-state index in [9.17, 15) is 18.8 Å². The molecule has 0 atom stereocenters. The van der Waals surface area contributed by atoms with Crippen molar-refractivity contribution in [1.29, 1.82) is 0 Å². The van der Waals surface area contributed by atoms with Gasteiger partial charge in [-0.3, -0.25) is 19.3 Å². The molecule has 7 heteroatoms. The van der Waals surface area contributed by atoms with E-state index >= 15 is 0 Å². The summed E-state index contributed by atoms with van der Waals surface area (Å²) in [7, 11) is 1.51. The van der Waals surface area contributed by atoms with Crippen LogP contribution in [0.3, 0.4) is 0 Å². The fourth-order valence-corrected chi connectivity index (χ4v) is 4.57. The van der Waals surface area contributed by atoms with E-state index in [0.717, 1.165) is 10.9 Å². The van der Waals surface area contributed by atoms with Gasteiger partial charge in [0.05, 0.1) is 12.8 Å². The van der Waals surface area contributed by atoms with Gasteiger partial charge in [0.2, 0.25) is 0 Å². The minimum absolute atomic E-state index is 0.0191. The Labute approximate surface area is 207 Å². The van der Waals surface area contributed by atoms with Gasteiger partial charge < -0.3 is 9.64 Å². The normalized spacial score (nSPS) is 12.7. The van der Waals surface area contributed by atoms with E-state index in [1.165, 1.54) is 41.2 Å². The second kappa shape index (κ2) is 9.26. The molecule has 0 saturated heterocycles. The number of ether oxygens (including phenoxy) is 1. The quantitative estimate of drug-likeness (QED) is 0.353. The van der Waals surface area contributed by atoms with Crippen LogP contribution in [0.15, 0.2) is 78.9 Å². The number of methoxy groups -OCH3 is 1. The van der Waals surface area contributed by atoms with Gasteiger partial charge in [0.15, 0.2) is 0 Å². The van der Waals surface area contributed by atoms with Crippen LogP contribution in [0.1, 0.15) is 36.6 Å². The summed E-state index contributed by atoms with van der Waals surface area (Å²) in [4.78, 5) is 42.9. The summed E-state index contributed by atoms with van der Waals surface area (Å²) in [6.45, 7) is 1.89. The fourth-order valence-electron chi connectivity index (χ4n) is 4.57. The van der Waals surface area contributed by atoms with Crippen LogP contribution >= 0.6 is 0 Å². The number of amides is 3. The maximum Gasteiger partial charge on any atom is 0.261 e. The number of carbonyl (C=O) groups excluding carboxylic acids is 3. The highest BCUT2D eigenvalue weighted by atomic mass is 19.1. The van der Waals surface area contributed by atoms with Crippen molar-refractivity contribution in [2.75, 3.05) is 25.1 Å². The lowest BCUT2D eigenvalue weighted by Crippen LogP contribution is -2.46. The summed E-state index contributed by atoms with van der Waals surface area (Å²) >= 11 is 0. The molecule has 1 aliphatic rings. The number of hydrogen-bond acceptors (Lipinski definition) is 4. The SMILES string of the molecule is COc1cc(C)ccc1N(CCN1C(=O)c2cccc3cccc(c23)C1=O)C(=O)c1ccc(F)cc1. The lowest BCUT2D eigenvalue weighted by Gasteiger charge is -2.31. The first-order chi connectivity index (χ1) is 17.4. The average molecular weight is 483 g/mol. The molecule has 6 nitrogen and oxygen atoms in total. The van der Waals surface area contributed by atoms with E-state index in [0.29, 0.717) is 28.0 Å². The van der Waals surface area contributed by atoms with E-state index in [1.807, 2.05) is 25.1 Å². The molecule has 3 amide bonds. The maximum absolute atomic E-state index is 13.6. The highest BCUT2D eigenvalue weighted by Crippen LogP contribution is 2.32. The number of aryl methyl sites for hydroxylation is 1. The van der Waals surface area contributed by atoms with Gasteiger partial charge in [0.25, 0.3) is 17.7 Å². The Morgan fingerprint density at radius 3 is 2.17 bits per heavy atom. The molecule has 0 bridgehead atoms. The molecule has 0 spiro atoms. The molecule has 5 rings (SSSR count). The first-order valence-corrected chi connectivity index (χ1v) is 11.5. The predicted molar refractivity (Wildman–Crippen MR) is 135 cm³/mol. The molecule has 0 N–H and O–H groups in total. The van der Waals surface area contributed by atoms with Crippen molar-refractivity contribution in [2.45, 2.75) is 6.92 Å². The minimum Gasteiger partial charge on any atom is -0.495 e. The van der Waals surface area contributed by atoms with E-state index in [2.05, 4.69) is 0 Å². The third-order valence-electron chi connectivity index (χ3n) is 6.37. The van der Waals surface area contributed by atoms with Crippen molar-refractivity contribution in [3.63, 3.8) is 0 Å². The molecular weight excluding hydrogens is 459 g/mol. The van der Waals surface area contributed by atoms with Gasteiger partial charge in [-0.05, 0) is 66.4 Å². The summed E-state index contributed by atoms with van der Waals surface area (Å²) in [5, 5.41) is 1.47. The number of carbonyl (C=O) groups is 3. The van der Waals surface area contributed by atoms with Crippen LogP contribution in [0.25, 0.3) is 10.8 Å². The topological polar surface area (TPSA) is 66.9 Å². The van der Waals surface area contributed by atoms with Crippen molar-refractivity contribution >= 4 is 34.2 Å². The summed E-state index contributed by atoms with van der Waals surface area (Å²) in [5.74, 6) is -1.21. The van der Waals surface area contributed by atoms with E-state index < -0.39 is 23.5 Å². The zero-order chi connectivity index (χ0) is 25.4. The Morgan fingerprint density at radius 2 is 1.56 bits per heavy atom. The molecule has 1 heterocycles. The smallest absolute Gasteiger partial charge is 0.261 e. The van der Waals surface area contributed by atoms with Crippen molar-refractivity contribution in [3.8, 4) is 5.75 Å². The Hall–Kier alpha value is -4.52. The highest BCUT2D eigenvalue weighted by Gasteiger charge is 2.33. The van der Waals surface area contributed by atoms with E-state index in [1.54, 1.807) is 36.4 Å². The second-order valence-electron chi connectivity index (χ2n) is 8.61. The lowest BCUT2D eigenvalue weighted by atomic mass is 9.94. The minimum atomic E-state index is -0.455. The first kappa shape index (κ1) is 23.2.